The molecule has 0 heterocycles. The number of aliphatic hydroxyl groups is 1. The summed E-state index contributed by atoms with van der Waals surface area (Å²) in [7, 11) is -3.76. The molecule has 0 amide bonds. The van der Waals surface area contributed by atoms with E-state index in [1.165, 1.54) is 6.07 Å². The van der Waals surface area contributed by atoms with Gasteiger partial charge in [-0.25, -0.2) is 8.42 Å². The fraction of sp³-hybridized carbons (Fsp3) is 0.0769. The van der Waals surface area contributed by atoms with Gasteiger partial charge >= 0.3 is 0 Å². The lowest BCUT2D eigenvalue weighted by Crippen LogP contribution is -2.14. The van der Waals surface area contributed by atoms with Crippen LogP contribution in [0, 0.1) is 0 Å². The quantitative estimate of drug-likeness (QED) is 0.728. The van der Waals surface area contributed by atoms with Gasteiger partial charge in [-0.2, -0.15) is 0 Å². The molecule has 0 fully saturated rings. The first kappa shape index (κ1) is 16.8. The van der Waals surface area contributed by atoms with Gasteiger partial charge in [0.2, 0.25) is 0 Å². The molecule has 21 heavy (non-hydrogen) atoms. The van der Waals surface area contributed by atoms with E-state index < -0.39 is 10.0 Å². The van der Waals surface area contributed by atoms with Gasteiger partial charge in [0.25, 0.3) is 10.0 Å². The van der Waals surface area contributed by atoms with Crippen molar-refractivity contribution in [3.8, 4) is 0 Å². The second-order valence-electron chi connectivity index (χ2n) is 4.15. The zero-order valence-corrected chi connectivity index (χ0v) is 15.2. The van der Waals surface area contributed by atoms with E-state index in [0.29, 0.717) is 25.2 Å². The van der Waals surface area contributed by atoms with Gasteiger partial charge in [-0.3, -0.25) is 4.72 Å². The number of hydrogen-bond acceptors (Lipinski definition) is 3. The van der Waals surface area contributed by atoms with Crippen molar-refractivity contribution in [1.82, 2.24) is 0 Å². The van der Waals surface area contributed by atoms with Gasteiger partial charge in [-0.05, 0) is 67.8 Å². The molecule has 0 aromatic heterocycles. The highest BCUT2D eigenvalue weighted by Gasteiger charge is 2.19. The van der Waals surface area contributed by atoms with Crippen LogP contribution in [-0.4, -0.2) is 13.5 Å². The molecule has 0 saturated carbocycles. The van der Waals surface area contributed by atoms with Crippen LogP contribution in [0.2, 0.25) is 5.02 Å². The van der Waals surface area contributed by atoms with Crippen LogP contribution in [-0.2, 0) is 16.6 Å². The Morgan fingerprint density at radius 1 is 1.10 bits per heavy atom. The monoisotopic (exact) mass is 453 g/mol. The predicted octanol–water partition coefficient (Wildman–Crippen LogP) is 4.16. The standard InChI is InChI=1S/C13H10Br2ClNO3S/c14-10-6-9(16)2-3-12(10)17-21(19,20)13-4-1-8(7-18)5-11(13)15/h1-6,17-18H,7H2. The van der Waals surface area contributed by atoms with Crippen LogP contribution < -0.4 is 4.72 Å². The van der Waals surface area contributed by atoms with Crippen molar-refractivity contribution < 1.29 is 13.5 Å². The Kier molecular flexibility index (Phi) is 5.32. The highest BCUT2D eigenvalue weighted by molar-refractivity contribution is 9.11. The maximum absolute atomic E-state index is 12.4. The number of nitrogens with one attached hydrogen (secondary N) is 1. The molecule has 2 aromatic rings. The Morgan fingerprint density at radius 2 is 1.81 bits per heavy atom. The summed E-state index contributed by atoms with van der Waals surface area (Å²) < 4.78 is 28.2. The molecule has 0 aliphatic rings. The highest BCUT2D eigenvalue weighted by Crippen LogP contribution is 2.30. The van der Waals surface area contributed by atoms with Gasteiger partial charge in [0.1, 0.15) is 4.90 Å². The van der Waals surface area contributed by atoms with E-state index in [1.807, 2.05) is 0 Å². The molecule has 8 heteroatoms. The average molecular weight is 456 g/mol. The van der Waals surface area contributed by atoms with E-state index in [-0.39, 0.29) is 11.5 Å². The fourth-order valence-corrected chi connectivity index (χ4v) is 4.75. The molecule has 4 nitrogen and oxygen atoms in total. The summed E-state index contributed by atoms with van der Waals surface area (Å²) in [6, 6.07) is 9.31. The first-order chi connectivity index (χ1) is 9.83. The fourth-order valence-electron chi connectivity index (χ4n) is 1.63. The lowest BCUT2D eigenvalue weighted by atomic mass is 10.2. The van der Waals surface area contributed by atoms with Crippen LogP contribution >= 0.6 is 43.5 Å². The molecule has 0 aliphatic heterocycles. The number of benzene rings is 2. The van der Waals surface area contributed by atoms with Crippen molar-refractivity contribution in [3.05, 3.63) is 55.9 Å². The Hall–Kier alpha value is -0.600. The van der Waals surface area contributed by atoms with Crippen LogP contribution in [0.25, 0.3) is 0 Å². The summed E-state index contributed by atoms with van der Waals surface area (Å²) >= 11 is 12.3. The van der Waals surface area contributed by atoms with E-state index >= 15 is 0 Å². The molecule has 0 atom stereocenters. The number of hydrogen-bond donors (Lipinski definition) is 2. The lowest BCUT2D eigenvalue weighted by Gasteiger charge is -2.12. The van der Waals surface area contributed by atoms with E-state index in [4.69, 9.17) is 16.7 Å². The van der Waals surface area contributed by atoms with Gasteiger partial charge in [0.15, 0.2) is 0 Å². The number of halogens is 3. The lowest BCUT2D eigenvalue weighted by molar-refractivity contribution is 0.281. The van der Waals surface area contributed by atoms with E-state index in [9.17, 15) is 8.42 Å². The van der Waals surface area contributed by atoms with Crippen molar-refractivity contribution in [1.29, 1.82) is 0 Å². The third-order valence-corrected chi connectivity index (χ3v) is 5.88. The smallest absolute Gasteiger partial charge is 0.263 e. The van der Waals surface area contributed by atoms with Gasteiger partial charge in [0.05, 0.1) is 12.3 Å². The highest BCUT2D eigenvalue weighted by atomic mass is 79.9. The van der Waals surface area contributed by atoms with Gasteiger partial charge < -0.3 is 5.11 Å². The van der Waals surface area contributed by atoms with Crippen LogP contribution in [0.15, 0.2) is 50.2 Å². The first-order valence-electron chi connectivity index (χ1n) is 5.70. The summed E-state index contributed by atoms with van der Waals surface area (Å²) in [5.74, 6) is 0. The normalized spacial score (nSPS) is 11.4. The molecule has 0 saturated heterocycles. The first-order valence-corrected chi connectivity index (χ1v) is 9.15. The molecule has 2 rings (SSSR count). The Labute approximate surface area is 144 Å². The van der Waals surface area contributed by atoms with Gasteiger partial charge in [-0.1, -0.05) is 17.7 Å². The molecule has 0 bridgehead atoms. The molecule has 112 valence electrons. The third kappa shape index (κ3) is 3.98. The summed E-state index contributed by atoms with van der Waals surface area (Å²) in [4.78, 5) is 0.0848. The minimum absolute atomic E-state index is 0.0848. The maximum atomic E-state index is 12.4. The van der Waals surface area contributed by atoms with Crippen molar-refractivity contribution in [2.24, 2.45) is 0 Å². The van der Waals surface area contributed by atoms with Crippen molar-refractivity contribution in [3.63, 3.8) is 0 Å². The second kappa shape index (κ2) is 6.66. The summed E-state index contributed by atoms with van der Waals surface area (Å²) in [6.07, 6.45) is 0. The number of aliphatic hydroxyl groups excluding tert-OH is 1. The molecular formula is C13H10Br2ClNO3S. The minimum Gasteiger partial charge on any atom is -0.392 e. The molecular weight excluding hydrogens is 445 g/mol. The summed E-state index contributed by atoms with van der Waals surface area (Å²) in [5.41, 5.74) is 1.01. The molecule has 0 unspecified atom stereocenters. The van der Waals surface area contributed by atoms with E-state index in [1.54, 1.807) is 30.3 Å². The summed E-state index contributed by atoms with van der Waals surface area (Å²) in [6.45, 7) is -0.158. The molecule has 2 N–H and O–H groups in total. The summed E-state index contributed by atoms with van der Waals surface area (Å²) in [5, 5.41) is 9.55. The Bertz CT molecular complexity index is 781. The topological polar surface area (TPSA) is 66.4 Å². The largest absolute Gasteiger partial charge is 0.392 e. The average Bonchev–Trinajstić information content (AvgIpc) is 2.41. The zero-order chi connectivity index (χ0) is 15.6. The Balaban J connectivity index is 2.38. The SMILES string of the molecule is O=S(=O)(Nc1ccc(Cl)cc1Br)c1ccc(CO)cc1Br. The van der Waals surface area contributed by atoms with Crippen molar-refractivity contribution >= 4 is 59.2 Å². The number of sulfonamides is 1. The van der Waals surface area contributed by atoms with Crippen LogP contribution in [0.3, 0.4) is 0 Å². The molecule has 0 aliphatic carbocycles. The van der Waals surface area contributed by atoms with Crippen LogP contribution in [0.5, 0.6) is 0 Å². The second-order valence-corrected chi connectivity index (χ2v) is 7.95. The van der Waals surface area contributed by atoms with Gasteiger partial charge in [-0.15, -0.1) is 0 Å². The molecule has 0 spiro atoms. The van der Waals surface area contributed by atoms with Crippen LogP contribution in [0.4, 0.5) is 5.69 Å². The van der Waals surface area contributed by atoms with Gasteiger partial charge in [0, 0.05) is 14.0 Å². The molecule has 2 aromatic carbocycles. The zero-order valence-electron chi connectivity index (χ0n) is 10.5. The van der Waals surface area contributed by atoms with E-state index in [2.05, 4.69) is 36.6 Å². The van der Waals surface area contributed by atoms with Crippen LogP contribution in [0.1, 0.15) is 5.56 Å². The minimum atomic E-state index is -3.76. The van der Waals surface area contributed by atoms with Crippen molar-refractivity contribution in [2.75, 3.05) is 4.72 Å². The predicted molar refractivity (Wildman–Crippen MR) is 90.0 cm³/mol. The third-order valence-electron chi connectivity index (χ3n) is 2.64. The van der Waals surface area contributed by atoms with E-state index in [0.717, 1.165) is 0 Å². The Morgan fingerprint density at radius 3 is 2.38 bits per heavy atom. The molecule has 0 radical (unpaired) electrons. The number of rotatable bonds is 4. The maximum Gasteiger partial charge on any atom is 0.263 e. The number of anilines is 1. The van der Waals surface area contributed by atoms with Crippen molar-refractivity contribution in [2.45, 2.75) is 11.5 Å².